The van der Waals surface area contributed by atoms with Gasteiger partial charge in [0, 0.05) is 25.0 Å². The van der Waals surface area contributed by atoms with E-state index in [9.17, 15) is 4.79 Å². The van der Waals surface area contributed by atoms with Gasteiger partial charge in [0.15, 0.2) is 0 Å². The first kappa shape index (κ1) is 16.4. The number of esters is 1. The lowest BCUT2D eigenvalue weighted by molar-refractivity contribution is -0.143. The van der Waals surface area contributed by atoms with Crippen LogP contribution in [0.5, 0.6) is 0 Å². The molecule has 2 N–H and O–H groups in total. The highest BCUT2D eigenvalue weighted by atomic mass is 16.5. The summed E-state index contributed by atoms with van der Waals surface area (Å²) in [5.74, 6) is -0.0955. The number of nitrogens with one attached hydrogen (secondary N) is 1. The summed E-state index contributed by atoms with van der Waals surface area (Å²) in [5, 5.41) is 12.4. The summed E-state index contributed by atoms with van der Waals surface area (Å²) in [6.07, 6.45) is 3.51. The van der Waals surface area contributed by atoms with Crippen LogP contribution in [0.1, 0.15) is 46.5 Å². The van der Waals surface area contributed by atoms with E-state index >= 15 is 0 Å². The van der Waals surface area contributed by atoms with Crippen LogP contribution in [-0.2, 0) is 9.53 Å². The minimum atomic E-state index is -0.0955. The Hall–Kier alpha value is -0.610. The van der Waals surface area contributed by atoms with Crippen molar-refractivity contribution in [3.63, 3.8) is 0 Å². The van der Waals surface area contributed by atoms with Crippen LogP contribution in [0.2, 0.25) is 0 Å². The average molecular weight is 245 g/mol. The first-order chi connectivity index (χ1) is 8.02. The topological polar surface area (TPSA) is 58.6 Å². The second kappa shape index (κ2) is 9.42. The van der Waals surface area contributed by atoms with Crippen LogP contribution in [0.15, 0.2) is 0 Å². The van der Waals surface area contributed by atoms with E-state index in [2.05, 4.69) is 5.32 Å². The van der Waals surface area contributed by atoms with E-state index in [0.717, 1.165) is 32.4 Å². The van der Waals surface area contributed by atoms with Gasteiger partial charge in [0.05, 0.1) is 6.61 Å². The molecule has 0 aliphatic heterocycles. The van der Waals surface area contributed by atoms with Crippen LogP contribution >= 0.6 is 0 Å². The van der Waals surface area contributed by atoms with Gasteiger partial charge in [-0.2, -0.15) is 0 Å². The zero-order chi connectivity index (χ0) is 13.1. The largest absolute Gasteiger partial charge is 0.466 e. The van der Waals surface area contributed by atoms with Crippen molar-refractivity contribution < 1.29 is 14.6 Å². The lowest BCUT2D eigenvalue weighted by Crippen LogP contribution is -2.32. The van der Waals surface area contributed by atoms with E-state index in [-0.39, 0.29) is 18.0 Å². The summed E-state index contributed by atoms with van der Waals surface area (Å²) in [5.41, 5.74) is -0.0507. The molecule has 0 atom stereocenters. The first-order valence-electron chi connectivity index (χ1n) is 6.49. The Morgan fingerprint density at radius 3 is 2.59 bits per heavy atom. The average Bonchev–Trinajstić information content (AvgIpc) is 2.28. The van der Waals surface area contributed by atoms with Crippen molar-refractivity contribution in [1.82, 2.24) is 5.32 Å². The monoisotopic (exact) mass is 245 g/mol. The molecule has 0 aromatic rings. The molecule has 0 aromatic heterocycles. The number of unbranched alkanes of at least 4 members (excludes halogenated alkanes) is 2. The second-order valence-corrected chi connectivity index (χ2v) is 5.11. The molecule has 4 nitrogen and oxygen atoms in total. The molecule has 0 spiro atoms. The van der Waals surface area contributed by atoms with Gasteiger partial charge in [-0.1, -0.05) is 20.3 Å². The number of aliphatic hydroxyl groups is 1. The van der Waals surface area contributed by atoms with Crippen molar-refractivity contribution in [1.29, 1.82) is 0 Å². The van der Waals surface area contributed by atoms with Gasteiger partial charge in [0.2, 0.25) is 0 Å². The maximum absolute atomic E-state index is 11.0. The number of hydrogen-bond acceptors (Lipinski definition) is 4. The molecule has 4 heteroatoms. The third-order valence-corrected chi connectivity index (χ3v) is 2.57. The van der Waals surface area contributed by atoms with E-state index in [1.807, 2.05) is 20.8 Å². The molecular formula is C13H27NO3. The molecule has 0 aromatic carbocycles. The fraction of sp³-hybridized carbons (Fsp3) is 0.923. The summed E-state index contributed by atoms with van der Waals surface area (Å²) in [6.45, 7) is 8.30. The smallest absolute Gasteiger partial charge is 0.305 e. The van der Waals surface area contributed by atoms with Gasteiger partial charge < -0.3 is 15.2 Å². The molecule has 0 amide bonds. The lowest BCUT2D eigenvalue weighted by Gasteiger charge is -2.21. The van der Waals surface area contributed by atoms with E-state index in [0.29, 0.717) is 13.0 Å². The standard InChI is InChI=1S/C13H27NO3/c1-4-17-12(16)8-6-5-7-9-14-10-13(2,3)11-15/h14-15H,4-11H2,1-3H3. The van der Waals surface area contributed by atoms with Crippen molar-refractivity contribution in [3.8, 4) is 0 Å². The van der Waals surface area contributed by atoms with Crippen molar-refractivity contribution in [2.45, 2.75) is 46.5 Å². The molecule has 0 unspecified atom stereocenters. The minimum absolute atomic E-state index is 0.0507. The highest BCUT2D eigenvalue weighted by Crippen LogP contribution is 2.11. The normalized spacial score (nSPS) is 11.5. The number of aliphatic hydroxyl groups excluding tert-OH is 1. The minimum Gasteiger partial charge on any atom is -0.466 e. The molecule has 0 aliphatic carbocycles. The Labute approximate surface area is 105 Å². The Morgan fingerprint density at radius 2 is 2.00 bits per heavy atom. The van der Waals surface area contributed by atoms with Crippen LogP contribution < -0.4 is 5.32 Å². The van der Waals surface area contributed by atoms with Crippen molar-refractivity contribution >= 4 is 5.97 Å². The molecule has 0 aliphatic rings. The maximum Gasteiger partial charge on any atom is 0.305 e. The molecule has 17 heavy (non-hydrogen) atoms. The van der Waals surface area contributed by atoms with Crippen molar-refractivity contribution in [2.24, 2.45) is 5.41 Å². The Morgan fingerprint density at radius 1 is 1.29 bits per heavy atom. The Bertz CT molecular complexity index is 205. The molecule has 102 valence electrons. The van der Waals surface area contributed by atoms with E-state index < -0.39 is 0 Å². The molecule has 0 saturated carbocycles. The molecule has 0 radical (unpaired) electrons. The summed E-state index contributed by atoms with van der Waals surface area (Å²) in [4.78, 5) is 11.0. The fourth-order valence-corrected chi connectivity index (χ4v) is 1.41. The quantitative estimate of drug-likeness (QED) is 0.454. The van der Waals surface area contributed by atoms with Crippen LogP contribution in [0, 0.1) is 5.41 Å². The molecule has 0 rings (SSSR count). The highest BCUT2D eigenvalue weighted by molar-refractivity contribution is 5.69. The van der Waals surface area contributed by atoms with Crippen LogP contribution in [0.3, 0.4) is 0 Å². The third kappa shape index (κ3) is 10.3. The van der Waals surface area contributed by atoms with E-state index in [4.69, 9.17) is 9.84 Å². The van der Waals surface area contributed by atoms with E-state index in [1.165, 1.54) is 0 Å². The number of hydrogen-bond donors (Lipinski definition) is 2. The fourth-order valence-electron chi connectivity index (χ4n) is 1.41. The molecular weight excluding hydrogens is 218 g/mol. The summed E-state index contributed by atoms with van der Waals surface area (Å²) >= 11 is 0. The maximum atomic E-state index is 11.0. The zero-order valence-corrected chi connectivity index (χ0v) is 11.4. The zero-order valence-electron chi connectivity index (χ0n) is 11.4. The Balaban J connectivity index is 3.27. The Kier molecular flexibility index (Phi) is 9.09. The molecule has 0 heterocycles. The third-order valence-electron chi connectivity index (χ3n) is 2.57. The van der Waals surface area contributed by atoms with E-state index in [1.54, 1.807) is 0 Å². The number of carbonyl (C=O) groups excluding carboxylic acids is 1. The lowest BCUT2D eigenvalue weighted by atomic mass is 9.95. The number of ether oxygens (including phenoxy) is 1. The molecule has 0 saturated heterocycles. The van der Waals surface area contributed by atoms with Gasteiger partial charge in [-0.25, -0.2) is 0 Å². The highest BCUT2D eigenvalue weighted by Gasteiger charge is 2.14. The summed E-state index contributed by atoms with van der Waals surface area (Å²) in [7, 11) is 0. The molecule has 0 fully saturated rings. The SMILES string of the molecule is CCOC(=O)CCCCCNCC(C)(C)CO. The predicted octanol–water partition coefficient (Wildman–Crippen LogP) is 1.72. The van der Waals surface area contributed by atoms with Crippen molar-refractivity contribution in [3.05, 3.63) is 0 Å². The van der Waals surface area contributed by atoms with Gasteiger partial charge >= 0.3 is 5.97 Å². The van der Waals surface area contributed by atoms with Gasteiger partial charge in [-0.05, 0) is 26.3 Å². The van der Waals surface area contributed by atoms with Gasteiger partial charge in [-0.3, -0.25) is 4.79 Å². The van der Waals surface area contributed by atoms with Crippen LogP contribution in [-0.4, -0.2) is 37.4 Å². The van der Waals surface area contributed by atoms with Crippen molar-refractivity contribution in [2.75, 3.05) is 26.3 Å². The summed E-state index contributed by atoms with van der Waals surface area (Å²) < 4.78 is 4.85. The second-order valence-electron chi connectivity index (χ2n) is 5.11. The number of carbonyl (C=O) groups is 1. The van der Waals surface area contributed by atoms with Gasteiger partial charge in [0.1, 0.15) is 0 Å². The van der Waals surface area contributed by atoms with Gasteiger partial charge in [-0.15, -0.1) is 0 Å². The summed E-state index contributed by atoms with van der Waals surface area (Å²) in [6, 6.07) is 0. The number of rotatable bonds is 10. The van der Waals surface area contributed by atoms with Crippen LogP contribution in [0.4, 0.5) is 0 Å². The first-order valence-corrected chi connectivity index (χ1v) is 6.49. The van der Waals surface area contributed by atoms with Crippen LogP contribution in [0.25, 0.3) is 0 Å². The van der Waals surface area contributed by atoms with Gasteiger partial charge in [0.25, 0.3) is 0 Å². The molecule has 0 bridgehead atoms. The predicted molar refractivity (Wildman–Crippen MR) is 68.8 cm³/mol.